The molecule has 16 heavy (non-hydrogen) atoms. The van der Waals surface area contributed by atoms with Gasteiger partial charge in [-0.15, -0.1) is 0 Å². The van der Waals surface area contributed by atoms with E-state index in [4.69, 9.17) is 0 Å². The van der Waals surface area contributed by atoms with Crippen LogP contribution in [0, 0.1) is 11.3 Å². The highest BCUT2D eigenvalue weighted by atomic mass is 15.1. The SMILES string of the molecule is CC1CC=CC2=C(C1)N(C)CCCC2(C)C. The summed E-state index contributed by atoms with van der Waals surface area (Å²) in [6.07, 6.45) is 9.90. The first kappa shape index (κ1) is 11.8. The Bertz CT molecular complexity index is 322. The number of allylic oxidation sites excluding steroid dienone is 4. The highest BCUT2D eigenvalue weighted by molar-refractivity contribution is 5.33. The van der Waals surface area contributed by atoms with Crippen LogP contribution in [0.4, 0.5) is 0 Å². The van der Waals surface area contributed by atoms with Crippen LogP contribution in [0.15, 0.2) is 23.4 Å². The molecule has 0 bridgehead atoms. The van der Waals surface area contributed by atoms with Crippen molar-refractivity contribution in [3.05, 3.63) is 23.4 Å². The van der Waals surface area contributed by atoms with E-state index < -0.39 is 0 Å². The maximum atomic E-state index is 2.50. The maximum absolute atomic E-state index is 2.50. The first-order valence-electron chi connectivity index (χ1n) is 6.62. The molecule has 1 unspecified atom stereocenters. The van der Waals surface area contributed by atoms with E-state index in [0.29, 0.717) is 5.41 Å². The third kappa shape index (κ3) is 2.18. The minimum atomic E-state index is 0.362. The fraction of sp³-hybridized carbons (Fsp3) is 0.733. The Morgan fingerprint density at radius 3 is 2.88 bits per heavy atom. The molecule has 0 saturated heterocycles. The van der Waals surface area contributed by atoms with Crippen molar-refractivity contribution in [2.24, 2.45) is 11.3 Å². The summed E-state index contributed by atoms with van der Waals surface area (Å²) in [5.41, 5.74) is 3.56. The summed E-state index contributed by atoms with van der Waals surface area (Å²) >= 11 is 0. The minimum absolute atomic E-state index is 0.362. The smallest absolute Gasteiger partial charge is 0.0172 e. The average molecular weight is 219 g/mol. The van der Waals surface area contributed by atoms with E-state index in [1.807, 2.05) is 0 Å². The summed E-state index contributed by atoms with van der Waals surface area (Å²) < 4.78 is 0. The van der Waals surface area contributed by atoms with Gasteiger partial charge in [0.05, 0.1) is 0 Å². The Morgan fingerprint density at radius 2 is 2.12 bits per heavy atom. The van der Waals surface area contributed by atoms with Crippen LogP contribution in [0.5, 0.6) is 0 Å². The van der Waals surface area contributed by atoms with E-state index in [-0.39, 0.29) is 0 Å². The van der Waals surface area contributed by atoms with Crippen molar-refractivity contribution in [1.82, 2.24) is 4.90 Å². The van der Waals surface area contributed by atoms with E-state index >= 15 is 0 Å². The van der Waals surface area contributed by atoms with Crippen molar-refractivity contribution in [2.75, 3.05) is 13.6 Å². The summed E-state index contributed by atoms with van der Waals surface area (Å²) in [4.78, 5) is 2.50. The Morgan fingerprint density at radius 1 is 1.38 bits per heavy atom. The highest BCUT2D eigenvalue weighted by Gasteiger charge is 2.30. The molecule has 1 aliphatic heterocycles. The Kier molecular flexibility index (Phi) is 3.14. The van der Waals surface area contributed by atoms with Gasteiger partial charge in [0.1, 0.15) is 0 Å². The number of nitrogens with zero attached hydrogens (tertiary/aromatic N) is 1. The molecule has 0 amide bonds. The van der Waals surface area contributed by atoms with Gasteiger partial charge in [0.2, 0.25) is 0 Å². The first-order valence-corrected chi connectivity index (χ1v) is 6.62. The van der Waals surface area contributed by atoms with Crippen molar-refractivity contribution in [1.29, 1.82) is 0 Å². The molecule has 1 aliphatic carbocycles. The maximum Gasteiger partial charge on any atom is 0.0172 e. The van der Waals surface area contributed by atoms with Gasteiger partial charge in [-0.1, -0.05) is 32.9 Å². The molecule has 0 aromatic rings. The van der Waals surface area contributed by atoms with Crippen molar-refractivity contribution in [3.8, 4) is 0 Å². The predicted octanol–water partition coefficient (Wildman–Crippen LogP) is 3.98. The van der Waals surface area contributed by atoms with Crippen molar-refractivity contribution < 1.29 is 0 Å². The second kappa shape index (κ2) is 4.27. The number of hydrogen-bond acceptors (Lipinski definition) is 1. The van der Waals surface area contributed by atoms with Gasteiger partial charge in [0, 0.05) is 19.3 Å². The highest BCUT2D eigenvalue weighted by Crippen LogP contribution is 2.41. The number of rotatable bonds is 0. The van der Waals surface area contributed by atoms with Gasteiger partial charge >= 0.3 is 0 Å². The molecule has 1 heterocycles. The Labute approximate surface area is 100 Å². The van der Waals surface area contributed by atoms with Crippen molar-refractivity contribution >= 4 is 0 Å². The van der Waals surface area contributed by atoms with Crippen LogP contribution >= 0.6 is 0 Å². The van der Waals surface area contributed by atoms with Crippen LogP contribution < -0.4 is 0 Å². The Balaban J connectivity index is 2.43. The molecule has 0 fully saturated rings. The van der Waals surface area contributed by atoms with E-state index in [2.05, 4.69) is 44.9 Å². The fourth-order valence-electron chi connectivity index (χ4n) is 3.04. The van der Waals surface area contributed by atoms with Crippen LogP contribution in [0.2, 0.25) is 0 Å². The lowest BCUT2D eigenvalue weighted by molar-refractivity contribution is 0.370. The standard InChI is InChI=1S/C15H25N/c1-12-7-5-8-13-14(11-12)16(4)10-6-9-15(13,2)3/h5,8,12H,6-7,9-11H2,1-4H3. The van der Waals surface area contributed by atoms with Crippen LogP contribution in [0.25, 0.3) is 0 Å². The van der Waals surface area contributed by atoms with Crippen LogP contribution in [-0.4, -0.2) is 18.5 Å². The van der Waals surface area contributed by atoms with Gasteiger partial charge in [-0.3, -0.25) is 0 Å². The molecule has 0 saturated carbocycles. The number of hydrogen-bond donors (Lipinski definition) is 0. The molecule has 1 heteroatoms. The molecule has 0 N–H and O–H groups in total. The van der Waals surface area contributed by atoms with E-state index in [9.17, 15) is 0 Å². The molecule has 2 rings (SSSR count). The average Bonchev–Trinajstić information content (AvgIpc) is 2.43. The fourth-order valence-corrected chi connectivity index (χ4v) is 3.04. The monoisotopic (exact) mass is 219 g/mol. The topological polar surface area (TPSA) is 3.24 Å². The zero-order chi connectivity index (χ0) is 11.8. The molecule has 0 radical (unpaired) electrons. The second-order valence-corrected chi connectivity index (χ2v) is 6.22. The van der Waals surface area contributed by atoms with Gasteiger partial charge < -0.3 is 4.90 Å². The van der Waals surface area contributed by atoms with E-state index in [0.717, 1.165) is 5.92 Å². The van der Waals surface area contributed by atoms with Gasteiger partial charge in [0.15, 0.2) is 0 Å². The lowest BCUT2D eigenvalue weighted by Gasteiger charge is -2.28. The van der Waals surface area contributed by atoms with Gasteiger partial charge in [-0.2, -0.15) is 0 Å². The van der Waals surface area contributed by atoms with Crippen LogP contribution in [0.3, 0.4) is 0 Å². The van der Waals surface area contributed by atoms with Gasteiger partial charge in [-0.25, -0.2) is 0 Å². The molecule has 0 spiro atoms. The predicted molar refractivity (Wildman–Crippen MR) is 70.2 cm³/mol. The van der Waals surface area contributed by atoms with E-state index in [1.54, 1.807) is 11.3 Å². The first-order chi connectivity index (χ1) is 7.50. The summed E-state index contributed by atoms with van der Waals surface area (Å²) in [6, 6.07) is 0. The molecule has 1 nitrogen and oxygen atoms in total. The molecule has 0 aromatic heterocycles. The summed E-state index contributed by atoms with van der Waals surface area (Å²) in [6.45, 7) is 8.40. The molecule has 90 valence electrons. The zero-order valence-electron chi connectivity index (χ0n) is 11.2. The molecular formula is C15H25N. The largest absolute Gasteiger partial charge is 0.378 e. The van der Waals surface area contributed by atoms with E-state index in [1.165, 1.54) is 32.2 Å². The molecular weight excluding hydrogens is 194 g/mol. The quantitative estimate of drug-likeness (QED) is 0.595. The normalized spacial score (nSPS) is 29.8. The summed E-state index contributed by atoms with van der Waals surface area (Å²) in [5.74, 6) is 0.792. The van der Waals surface area contributed by atoms with Crippen LogP contribution in [0.1, 0.15) is 46.5 Å². The third-order valence-corrected chi connectivity index (χ3v) is 4.16. The lowest BCUT2D eigenvalue weighted by Crippen LogP contribution is -2.21. The molecule has 2 aliphatic rings. The lowest BCUT2D eigenvalue weighted by atomic mass is 9.79. The zero-order valence-corrected chi connectivity index (χ0v) is 11.2. The van der Waals surface area contributed by atoms with Crippen molar-refractivity contribution in [2.45, 2.75) is 46.5 Å². The molecule has 0 aromatic carbocycles. The van der Waals surface area contributed by atoms with Crippen LogP contribution in [-0.2, 0) is 0 Å². The third-order valence-electron chi connectivity index (χ3n) is 4.16. The minimum Gasteiger partial charge on any atom is -0.378 e. The van der Waals surface area contributed by atoms with Crippen molar-refractivity contribution in [3.63, 3.8) is 0 Å². The Hall–Kier alpha value is -0.720. The second-order valence-electron chi connectivity index (χ2n) is 6.22. The summed E-state index contributed by atoms with van der Waals surface area (Å²) in [5, 5.41) is 0. The summed E-state index contributed by atoms with van der Waals surface area (Å²) in [7, 11) is 2.27. The van der Waals surface area contributed by atoms with Gasteiger partial charge in [0.25, 0.3) is 0 Å². The van der Waals surface area contributed by atoms with Gasteiger partial charge in [-0.05, 0) is 42.6 Å². The molecule has 1 atom stereocenters.